The van der Waals surface area contributed by atoms with Crippen LogP contribution in [0, 0.1) is 5.92 Å². The smallest absolute Gasteiger partial charge is 0.308 e. The number of rotatable bonds is 4. The number of alkyl halides is 2. The van der Waals surface area contributed by atoms with E-state index < -0.39 is 17.6 Å². The summed E-state index contributed by atoms with van der Waals surface area (Å²) in [6.07, 6.45) is 0.445. The SMILES string of the molecule is O=C(O)C1CCN(C(=O)c2ccc(SC(F)F)cc2)C1. The van der Waals surface area contributed by atoms with E-state index in [2.05, 4.69) is 0 Å². The van der Waals surface area contributed by atoms with Crippen molar-refractivity contribution < 1.29 is 23.5 Å². The number of hydrogen-bond acceptors (Lipinski definition) is 3. The maximum Gasteiger partial charge on any atom is 0.308 e. The number of carbonyl (C=O) groups excluding carboxylic acids is 1. The zero-order valence-corrected chi connectivity index (χ0v) is 11.3. The van der Waals surface area contributed by atoms with E-state index in [1.807, 2.05) is 0 Å². The van der Waals surface area contributed by atoms with Gasteiger partial charge in [-0.15, -0.1) is 0 Å². The molecule has 0 bridgehead atoms. The van der Waals surface area contributed by atoms with E-state index in [0.717, 1.165) is 0 Å². The Balaban J connectivity index is 2.01. The Morgan fingerprint density at radius 1 is 1.30 bits per heavy atom. The summed E-state index contributed by atoms with van der Waals surface area (Å²) in [6.45, 7) is 0.602. The molecule has 7 heteroatoms. The first-order valence-electron chi connectivity index (χ1n) is 6.04. The number of amides is 1. The van der Waals surface area contributed by atoms with Crippen LogP contribution in [0.1, 0.15) is 16.8 Å². The van der Waals surface area contributed by atoms with Crippen molar-refractivity contribution in [2.24, 2.45) is 5.92 Å². The third-order valence-corrected chi connectivity index (χ3v) is 3.87. The highest BCUT2D eigenvalue weighted by molar-refractivity contribution is 7.99. The summed E-state index contributed by atoms with van der Waals surface area (Å²) in [5.41, 5.74) is 0.384. The van der Waals surface area contributed by atoms with Gasteiger partial charge in [-0.3, -0.25) is 9.59 Å². The largest absolute Gasteiger partial charge is 0.481 e. The molecule has 1 N–H and O–H groups in total. The lowest BCUT2D eigenvalue weighted by atomic mass is 10.1. The highest BCUT2D eigenvalue weighted by Crippen LogP contribution is 2.26. The minimum Gasteiger partial charge on any atom is -0.481 e. The average molecular weight is 301 g/mol. The van der Waals surface area contributed by atoms with E-state index in [1.54, 1.807) is 0 Å². The van der Waals surface area contributed by atoms with E-state index >= 15 is 0 Å². The Labute approximate surface area is 118 Å². The summed E-state index contributed by atoms with van der Waals surface area (Å²) < 4.78 is 24.4. The fourth-order valence-corrected chi connectivity index (χ4v) is 2.61. The molecule has 0 aliphatic carbocycles. The molecule has 0 saturated carbocycles. The molecule has 1 aliphatic heterocycles. The fraction of sp³-hybridized carbons (Fsp3) is 0.385. The van der Waals surface area contributed by atoms with Crippen LogP contribution in [0.15, 0.2) is 29.2 Å². The second-order valence-corrected chi connectivity index (χ2v) is 5.54. The molecule has 1 saturated heterocycles. The van der Waals surface area contributed by atoms with Crippen LogP contribution in [0.2, 0.25) is 0 Å². The van der Waals surface area contributed by atoms with Crippen molar-refractivity contribution in [1.82, 2.24) is 4.90 Å². The number of likely N-dealkylation sites (tertiary alicyclic amines) is 1. The van der Waals surface area contributed by atoms with Gasteiger partial charge >= 0.3 is 5.97 Å². The van der Waals surface area contributed by atoms with Crippen molar-refractivity contribution in [3.8, 4) is 0 Å². The zero-order valence-electron chi connectivity index (χ0n) is 10.5. The molecule has 1 aromatic carbocycles. The van der Waals surface area contributed by atoms with E-state index in [4.69, 9.17) is 5.11 Å². The Bertz CT molecular complexity index is 507. The Morgan fingerprint density at radius 3 is 2.45 bits per heavy atom. The van der Waals surface area contributed by atoms with E-state index in [-0.39, 0.29) is 12.5 Å². The first kappa shape index (κ1) is 14.8. The molecule has 1 aromatic rings. The molecule has 0 radical (unpaired) electrons. The Kier molecular flexibility index (Phi) is 4.59. The second-order valence-electron chi connectivity index (χ2n) is 4.48. The maximum atomic E-state index is 12.2. The maximum absolute atomic E-state index is 12.2. The zero-order chi connectivity index (χ0) is 14.7. The van der Waals surface area contributed by atoms with Crippen LogP contribution in [0.5, 0.6) is 0 Å². The van der Waals surface area contributed by atoms with Crippen molar-refractivity contribution in [2.45, 2.75) is 17.1 Å². The molecule has 108 valence electrons. The van der Waals surface area contributed by atoms with Gasteiger partial charge in [-0.05, 0) is 30.7 Å². The van der Waals surface area contributed by atoms with Gasteiger partial charge in [-0.25, -0.2) is 0 Å². The van der Waals surface area contributed by atoms with E-state index in [0.29, 0.717) is 35.2 Å². The molecule has 1 amide bonds. The number of halogens is 2. The molecule has 2 rings (SSSR count). The molecule has 0 aromatic heterocycles. The minimum atomic E-state index is -2.49. The fourth-order valence-electron chi connectivity index (χ4n) is 2.11. The van der Waals surface area contributed by atoms with Crippen molar-refractivity contribution in [3.05, 3.63) is 29.8 Å². The lowest BCUT2D eigenvalue weighted by molar-refractivity contribution is -0.141. The first-order chi connectivity index (χ1) is 9.47. The number of aliphatic carboxylic acids is 1. The van der Waals surface area contributed by atoms with Gasteiger partial charge in [0.1, 0.15) is 0 Å². The summed E-state index contributed by atoms with van der Waals surface area (Å²) in [6, 6.07) is 5.91. The van der Waals surface area contributed by atoms with Gasteiger partial charge in [-0.2, -0.15) is 8.78 Å². The van der Waals surface area contributed by atoms with Crippen LogP contribution in [-0.2, 0) is 4.79 Å². The van der Waals surface area contributed by atoms with Gasteiger partial charge in [0.2, 0.25) is 0 Å². The predicted molar refractivity (Wildman–Crippen MR) is 69.9 cm³/mol. The van der Waals surface area contributed by atoms with Crippen LogP contribution in [0.3, 0.4) is 0 Å². The molecule has 1 heterocycles. The Hall–Kier alpha value is -1.63. The highest BCUT2D eigenvalue weighted by atomic mass is 32.2. The third-order valence-electron chi connectivity index (χ3n) is 3.15. The van der Waals surface area contributed by atoms with Gasteiger partial charge in [0.05, 0.1) is 5.92 Å². The highest BCUT2D eigenvalue weighted by Gasteiger charge is 2.31. The van der Waals surface area contributed by atoms with E-state index in [9.17, 15) is 18.4 Å². The number of carbonyl (C=O) groups is 2. The molecule has 0 spiro atoms. The lowest BCUT2D eigenvalue weighted by Crippen LogP contribution is -2.29. The van der Waals surface area contributed by atoms with Crippen molar-refractivity contribution in [3.63, 3.8) is 0 Å². The number of carboxylic acids is 1. The second kappa shape index (κ2) is 6.21. The molecule has 1 fully saturated rings. The molecule has 20 heavy (non-hydrogen) atoms. The van der Waals surface area contributed by atoms with Gasteiger partial charge in [0.15, 0.2) is 0 Å². The number of thioether (sulfide) groups is 1. The molecular weight excluding hydrogens is 288 g/mol. The molecule has 1 unspecified atom stereocenters. The van der Waals surface area contributed by atoms with Crippen LogP contribution in [0.25, 0.3) is 0 Å². The third kappa shape index (κ3) is 3.47. The summed E-state index contributed by atoms with van der Waals surface area (Å²) in [7, 11) is 0. The summed E-state index contributed by atoms with van der Waals surface area (Å²) in [5.74, 6) is -4.18. The minimum absolute atomic E-state index is 0.196. The number of nitrogens with zero attached hydrogens (tertiary/aromatic N) is 1. The van der Waals surface area contributed by atoms with Crippen LogP contribution >= 0.6 is 11.8 Å². The lowest BCUT2D eigenvalue weighted by Gasteiger charge is -2.15. The van der Waals surface area contributed by atoms with Crippen molar-refractivity contribution in [1.29, 1.82) is 0 Å². The quantitative estimate of drug-likeness (QED) is 0.868. The van der Waals surface area contributed by atoms with E-state index in [1.165, 1.54) is 29.2 Å². The van der Waals surface area contributed by atoms with Gasteiger partial charge < -0.3 is 10.0 Å². The molecule has 4 nitrogen and oxygen atoms in total. The van der Waals surface area contributed by atoms with Gasteiger partial charge in [-0.1, -0.05) is 11.8 Å². The Morgan fingerprint density at radius 2 is 1.95 bits per heavy atom. The van der Waals surface area contributed by atoms with Crippen LogP contribution in [0.4, 0.5) is 8.78 Å². The van der Waals surface area contributed by atoms with Crippen molar-refractivity contribution >= 4 is 23.6 Å². The van der Waals surface area contributed by atoms with Crippen LogP contribution in [-0.4, -0.2) is 40.7 Å². The molecule has 1 aliphatic rings. The molecular formula is C13H13F2NO3S. The summed E-state index contributed by atoms with van der Waals surface area (Å²) in [5, 5.41) is 8.89. The summed E-state index contributed by atoms with van der Waals surface area (Å²) in [4.78, 5) is 24.8. The summed E-state index contributed by atoms with van der Waals surface area (Å²) >= 11 is 0.419. The van der Waals surface area contributed by atoms with Gasteiger partial charge in [0, 0.05) is 23.5 Å². The first-order valence-corrected chi connectivity index (χ1v) is 6.92. The normalized spacial score (nSPS) is 18.6. The van der Waals surface area contributed by atoms with Crippen LogP contribution < -0.4 is 0 Å². The monoisotopic (exact) mass is 301 g/mol. The number of hydrogen-bond donors (Lipinski definition) is 1. The number of benzene rings is 1. The standard InChI is InChI=1S/C13H13F2NO3S/c14-13(15)20-10-3-1-8(2-4-10)11(17)16-6-5-9(7-16)12(18)19/h1-4,9,13H,5-7H2,(H,18,19). The van der Waals surface area contributed by atoms with Crippen molar-refractivity contribution in [2.75, 3.05) is 13.1 Å². The average Bonchev–Trinajstić information content (AvgIpc) is 2.88. The molecule has 1 atom stereocenters. The topological polar surface area (TPSA) is 57.6 Å². The predicted octanol–water partition coefficient (Wildman–Crippen LogP) is 2.55. The number of carboxylic acid groups (broad SMARTS) is 1. The van der Waals surface area contributed by atoms with Gasteiger partial charge in [0.25, 0.3) is 11.7 Å².